The lowest BCUT2D eigenvalue weighted by Crippen LogP contribution is -2.28. The number of ether oxygens (including phenoxy) is 1. The first-order chi connectivity index (χ1) is 17.3. The Labute approximate surface area is 221 Å². The number of aliphatic carboxylic acids is 1. The fourth-order valence-electron chi connectivity index (χ4n) is 5.05. The number of fused-ring (bicyclic) bond motifs is 1. The van der Waals surface area contributed by atoms with Crippen LogP contribution in [0.15, 0.2) is 42.5 Å². The monoisotopic (exact) mass is 523 g/mol. The summed E-state index contributed by atoms with van der Waals surface area (Å²) in [5.74, 6) is -1.86. The summed E-state index contributed by atoms with van der Waals surface area (Å²) in [6.45, 7) is 11.8. The van der Waals surface area contributed by atoms with E-state index in [4.69, 9.17) is 16.3 Å². The lowest BCUT2D eigenvalue weighted by atomic mass is 9.83. The van der Waals surface area contributed by atoms with Crippen molar-refractivity contribution < 1.29 is 23.8 Å². The van der Waals surface area contributed by atoms with Crippen molar-refractivity contribution in [1.29, 1.82) is 0 Å². The second-order valence-electron chi connectivity index (χ2n) is 10.6. The zero-order valence-corrected chi connectivity index (χ0v) is 22.7. The van der Waals surface area contributed by atoms with E-state index in [-0.39, 0.29) is 18.0 Å². The molecule has 1 heterocycles. The normalized spacial score (nSPS) is 14.0. The molecule has 4 rings (SSSR count). The van der Waals surface area contributed by atoms with E-state index in [1.165, 1.54) is 18.2 Å². The van der Waals surface area contributed by atoms with E-state index in [1.54, 1.807) is 11.0 Å². The summed E-state index contributed by atoms with van der Waals surface area (Å²) in [6, 6.07) is 11.3. The SMILES string of the molecule is Cc1ccc(-c2c(C)c3c(c(C)c2C(OC(C)(C)C)C(=O)O)CN(C(=O)c2cccc(F)c2)C3)c(Cl)c1. The number of carbonyl (C=O) groups is 2. The molecule has 1 unspecified atom stereocenters. The van der Waals surface area contributed by atoms with Gasteiger partial charge in [0.15, 0.2) is 6.10 Å². The lowest BCUT2D eigenvalue weighted by molar-refractivity contribution is -0.160. The van der Waals surface area contributed by atoms with Gasteiger partial charge in [0.25, 0.3) is 5.91 Å². The first-order valence-electron chi connectivity index (χ1n) is 12.1. The van der Waals surface area contributed by atoms with E-state index in [9.17, 15) is 19.1 Å². The number of carboxylic acid groups (broad SMARTS) is 1. The van der Waals surface area contributed by atoms with Crippen molar-refractivity contribution in [3.63, 3.8) is 0 Å². The first kappa shape index (κ1) is 26.8. The highest BCUT2D eigenvalue weighted by Gasteiger charge is 2.37. The molecule has 0 spiro atoms. The average molecular weight is 524 g/mol. The smallest absolute Gasteiger partial charge is 0.337 e. The van der Waals surface area contributed by atoms with E-state index in [1.807, 2.05) is 59.7 Å². The Morgan fingerprint density at radius 1 is 1.03 bits per heavy atom. The maximum atomic E-state index is 13.8. The number of halogens is 2. The molecule has 0 aromatic heterocycles. The van der Waals surface area contributed by atoms with E-state index in [2.05, 4.69) is 0 Å². The summed E-state index contributed by atoms with van der Waals surface area (Å²) >= 11 is 6.71. The van der Waals surface area contributed by atoms with Crippen molar-refractivity contribution in [2.24, 2.45) is 0 Å². The Bertz CT molecular complexity index is 1410. The molecule has 194 valence electrons. The maximum absolute atomic E-state index is 13.8. The van der Waals surface area contributed by atoms with Gasteiger partial charge in [-0.2, -0.15) is 0 Å². The Morgan fingerprint density at radius 3 is 2.24 bits per heavy atom. The second-order valence-corrected chi connectivity index (χ2v) is 11.0. The van der Waals surface area contributed by atoms with Crippen LogP contribution in [0.4, 0.5) is 4.39 Å². The molecule has 0 saturated carbocycles. The molecular weight excluding hydrogens is 493 g/mol. The zero-order valence-electron chi connectivity index (χ0n) is 21.9. The van der Waals surface area contributed by atoms with E-state index in [0.717, 1.165) is 27.8 Å². The molecular formula is C30H31ClFNO4. The minimum absolute atomic E-state index is 0.268. The minimum Gasteiger partial charge on any atom is -0.479 e. The summed E-state index contributed by atoms with van der Waals surface area (Å²) in [7, 11) is 0. The van der Waals surface area contributed by atoms with Gasteiger partial charge in [-0.25, -0.2) is 9.18 Å². The average Bonchev–Trinajstić information content (AvgIpc) is 3.25. The van der Waals surface area contributed by atoms with Crippen LogP contribution in [0.25, 0.3) is 11.1 Å². The number of carboxylic acids is 1. The minimum atomic E-state index is -1.25. The molecule has 0 radical (unpaired) electrons. The van der Waals surface area contributed by atoms with Crippen LogP contribution in [-0.4, -0.2) is 27.5 Å². The number of nitrogens with zero attached hydrogens (tertiary/aromatic N) is 1. The highest BCUT2D eigenvalue weighted by Crippen LogP contribution is 2.45. The predicted octanol–water partition coefficient (Wildman–Crippen LogP) is 7.17. The number of amides is 1. The maximum Gasteiger partial charge on any atom is 0.337 e. The van der Waals surface area contributed by atoms with Gasteiger partial charge in [-0.1, -0.05) is 29.8 Å². The van der Waals surface area contributed by atoms with Gasteiger partial charge in [0.05, 0.1) is 5.60 Å². The predicted molar refractivity (Wildman–Crippen MR) is 142 cm³/mol. The molecule has 3 aromatic carbocycles. The Balaban J connectivity index is 1.93. The molecule has 1 aliphatic heterocycles. The molecule has 37 heavy (non-hydrogen) atoms. The van der Waals surface area contributed by atoms with Crippen LogP contribution < -0.4 is 0 Å². The number of hydrogen-bond donors (Lipinski definition) is 1. The van der Waals surface area contributed by atoms with Crippen molar-refractivity contribution in [2.45, 2.75) is 66.3 Å². The Hall–Kier alpha value is -3.22. The van der Waals surface area contributed by atoms with Crippen LogP contribution >= 0.6 is 11.6 Å². The lowest BCUT2D eigenvalue weighted by Gasteiger charge is -2.30. The van der Waals surface area contributed by atoms with Crippen molar-refractivity contribution in [3.8, 4) is 11.1 Å². The van der Waals surface area contributed by atoms with Crippen LogP contribution in [0.3, 0.4) is 0 Å². The molecule has 3 aromatic rings. The Morgan fingerprint density at radius 2 is 1.68 bits per heavy atom. The molecule has 0 bridgehead atoms. The zero-order chi connectivity index (χ0) is 27.2. The molecule has 1 amide bonds. The summed E-state index contributed by atoms with van der Waals surface area (Å²) in [4.78, 5) is 27.5. The molecule has 1 aliphatic rings. The third-order valence-corrected chi connectivity index (χ3v) is 7.04. The number of rotatable bonds is 5. The van der Waals surface area contributed by atoms with Gasteiger partial charge < -0.3 is 14.7 Å². The van der Waals surface area contributed by atoms with Crippen molar-refractivity contribution in [2.75, 3.05) is 0 Å². The van der Waals surface area contributed by atoms with Gasteiger partial charge in [-0.3, -0.25) is 4.79 Å². The summed E-state index contributed by atoms with van der Waals surface area (Å²) in [6.07, 6.45) is -1.25. The number of hydrogen-bond acceptors (Lipinski definition) is 3. The molecule has 5 nitrogen and oxygen atoms in total. The number of benzene rings is 3. The molecule has 7 heteroatoms. The van der Waals surface area contributed by atoms with Gasteiger partial charge in [-0.05, 0) is 99.2 Å². The molecule has 1 N–H and O–H groups in total. The third-order valence-electron chi connectivity index (χ3n) is 6.73. The number of carbonyl (C=O) groups excluding carboxylic acids is 1. The van der Waals surface area contributed by atoms with Gasteiger partial charge >= 0.3 is 5.97 Å². The van der Waals surface area contributed by atoms with Crippen LogP contribution in [-0.2, 0) is 22.6 Å². The standard InChI is InChI=1S/C30H31ClFNO4/c1-16-10-11-21(24(31)12-16)25-17(2)22-14-33(28(34)19-8-7-9-20(32)13-19)15-23(22)18(3)26(25)27(29(35)36)37-30(4,5)6/h7-13,27H,14-15H2,1-6H3,(H,35,36). The van der Waals surface area contributed by atoms with Crippen molar-refractivity contribution >= 4 is 23.5 Å². The van der Waals surface area contributed by atoms with E-state index in [0.29, 0.717) is 28.3 Å². The molecule has 0 aliphatic carbocycles. The van der Waals surface area contributed by atoms with Crippen molar-refractivity contribution in [1.82, 2.24) is 4.90 Å². The second kappa shape index (κ2) is 9.92. The third kappa shape index (κ3) is 5.27. The van der Waals surface area contributed by atoms with E-state index < -0.39 is 23.5 Å². The largest absolute Gasteiger partial charge is 0.479 e. The fourth-order valence-corrected chi connectivity index (χ4v) is 5.38. The van der Waals surface area contributed by atoms with E-state index >= 15 is 0 Å². The van der Waals surface area contributed by atoms with Crippen LogP contribution in [0.5, 0.6) is 0 Å². The summed E-state index contributed by atoms with van der Waals surface area (Å²) in [5, 5.41) is 10.8. The van der Waals surface area contributed by atoms with Gasteiger partial charge in [0, 0.05) is 34.8 Å². The summed E-state index contributed by atoms with van der Waals surface area (Å²) < 4.78 is 19.9. The quantitative estimate of drug-likeness (QED) is 0.385. The van der Waals surface area contributed by atoms with Crippen LogP contribution in [0, 0.1) is 26.6 Å². The highest BCUT2D eigenvalue weighted by atomic mass is 35.5. The van der Waals surface area contributed by atoms with Crippen molar-refractivity contribution in [3.05, 3.63) is 92.2 Å². The van der Waals surface area contributed by atoms with Crippen LogP contribution in [0.2, 0.25) is 5.02 Å². The topological polar surface area (TPSA) is 66.8 Å². The first-order valence-corrected chi connectivity index (χ1v) is 12.5. The molecule has 0 fully saturated rings. The summed E-state index contributed by atoms with van der Waals surface area (Å²) in [5.41, 5.74) is 5.90. The fraction of sp³-hybridized carbons (Fsp3) is 0.333. The van der Waals surface area contributed by atoms with Gasteiger partial charge in [0.1, 0.15) is 5.82 Å². The number of aryl methyl sites for hydroxylation is 1. The molecule has 1 atom stereocenters. The molecule has 0 saturated heterocycles. The Kier molecular flexibility index (Phi) is 7.19. The van der Waals surface area contributed by atoms with Crippen LogP contribution in [0.1, 0.15) is 70.6 Å². The highest BCUT2D eigenvalue weighted by molar-refractivity contribution is 6.33. The van der Waals surface area contributed by atoms with Gasteiger partial charge in [0.2, 0.25) is 0 Å². The van der Waals surface area contributed by atoms with Gasteiger partial charge in [-0.15, -0.1) is 0 Å².